The fourth-order valence-electron chi connectivity index (χ4n) is 6.27. The maximum Gasteiger partial charge on any atom is 0.351 e. The molecule has 1 aliphatic rings. The van der Waals surface area contributed by atoms with E-state index in [0.717, 1.165) is 17.0 Å². The van der Waals surface area contributed by atoms with E-state index < -0.39 is 11.5 Å². The summed E-state index contributed by atoms with van der Waals surface area (Å²) < 4.78 is 22.7. The van der Waals surface area contributed by atoms with E-state index in [0.29, 0.717) is 41.8 Å². The fraction of sp³-hybridized carbons (Fsp3) is 0.353. The van der Waals surface area contributed by atoms with Gasteiger partial charge in [-0.3, -0.25) is 9.36 Å². The Kier molecular flexibility index (Phi) is 8.37. The molecule has 0 spiro atoms. The Hall–Kier alpha value is -4.64. The molecule has 1 amide bonds. The molecule has 10 nitrogen and oxygen atoms in total. The number of hydrogen-bond acceptors (Lipinski definition) is 8. The zero-order valence-electron chi connectivity index (χ0n) is 26.4. The lowest BCUT2D eigenvalue weighted by molar-refractivity contribution is -0.126. The number of nitrogens with zero attached hydrogens (tertiary/aromatic N) is 7. The summed E-state index contributed by atoms with van der Waals surface area (Å²) in [6.07, 6.45) is 4.33. The Morgan fingerprint density at radius 2 is 1.85 bits per heavy atom. The van der Waals surface area contributed by atoms with Crippen molar-refractivity contribution in [3.05, 3.63) is 87.8 Å². The number of piperazine rings is 1. The average molecular weight is 644 g/mol. The van der Waals surface area contributed by atoms with Crippen molar-refractivity contribution in [2.24, 2.45) is 0 Å². The van der Waals surface area contributed by atoms with Gasteiger partial charge in [-0.15, -0.1) is 0 Å². The first kappa shape index (κ1) is 31.3. The molecule has 0 bridgehead atoms. The Balaban J connectivity index is 1.61. The molecule has 0 aliphatic carbocycles. The molecule has 6 rings (SSSR count). The second-order valence-electron chi connectivity index (χ2n) is 12.2. The van der Waals surface area contributed by atoms with Gasteiger partial charge in [-0.1, -0.05) is 45.9 Å². The van der Waals surface area contributed by atoms with Gasteiger partial charge < -0.3 is 14.2 Å². The summed E-state index contributed by atoms with van der Waals surface area (Å²) in [5.41, 5.74) is 2.74. The summed E-state index contributed by atoms with van der Waals surface area (Å²) in [7, 11) is 0. The minimum atomic E-state index is -0.559. The molecule has 4 aromatic heterocycles. The third kappa shape index (κ3) is 5.42. The van der Waals surface area contributed by atoms with Gasteiger partial charge in [0, 0.05) is 36.6 Å². The molecule has 1 aromatic carbocycles. The predicted octanol–water partition coefficient (Wildman–Crippen LogP) is 6.31. The van der Waals surface area contributed by atoms with Gasteiger partial charge in [-0.25, -0.2) is 24.1 Å². The second-order valence-corrected chi connectivity index (χ2v) is 12.6. The Morgan fingerprint density at radius 1 is 1.13 bits per heavy atom. The van der Waals surface area contributed by atoms with E-state index in [4.69, 9.17) is 21.0 Å². The van der Waals surface area contributed by atoms with Gasteiger partial charge in [-0.05, 0) is 49.1 Å². The van der Waals surface area contributed by atoms with Gasteiger partial charge in [-0.2, -0.15) is 4.98 Å². The van der Waals surface area contributed by atoms with E-state index >= 15 is 4.39 Å². The fourth-order valence-corrected chi connectivity index (χ4v) is 6.52. The first-order valence-corrected chi connectivity index (χ1v) is 15.7. The lowest BCUT2D eigenvalue weighted by atomic mass is 9.97. The molecule has 0 unspecified atom stereocenters. The summed E-state index contributed by atoms with van der Waals surface area (Å²) in [6, 6.07) is 6.20. The van der Waals surface area contributed by atoms with E-state index in [1.807, 2.05) is 39.5 Å². The number of hydrogen-bond donors (Lipinski definition) is 0. The Bertz CT molecular complexity index is 2030. The van der Waals surface area contributed by atoms with Crippen molar-refractivity contribution in [1.29, 1.82) is 0 Å². The van der Waals surface area contributed by atoms with E-state index in [1.165, 1.54) is 23.0 Å². The van der Waals surface area contributed by atoms with Crippen LogP contribution in [0.2, 0.25) is 5.02 Å². The number of carbonyl (C=O) groups excluding carboxylic acids is 1. The first-order valence-electron chi connectivity index (χ1n) is 15.3. The summed E-state index contributed by atoms with van der Waals surface area (Å²) in [5.74, 6) is -0.205. The molecule has 1 saturated heterocycles. The van der Waals surface area contributed by atoms with Crippen LogP contribution < -0.4 is 10.6 Å². The van der Waals surface area contributed by atoms with Gasteiger partial charge in [0.05, 0.1) is 45.9 Å². The van der Waals surface area contributed by atoms with Crippen LogP contribution >= 0.6 is 11.6 Å². The van der Waals surface area contributed by atoms with Crippen LogP contribution in [0.1, 0.15) is 63.4 Å². The van der Waals surface area contributed by atoms with Gasteiger partial charge >= 0.3 is 5.69 Å². The topological polar surface area (TPSA) is 110 Å². The lowest BCUT2D eigenvalue weighted by Crippen LogP contribution is -2.54. The number of carbonyl (C=O) groups is 1. The molecular formula is C34H35ClFN7O3. The number of amides is 1. The number of pyridine rings is 1. The van der Waals surface area contributed by atoms with Crippen LogP contribution in [0.4, 0.5) is 10.2 Å². The SMILES string of the molecule is C=CC(=O)N1CCN(c2nc(=O)n(Cc3c(C(C)C)ncnc3C(C)C)c3nc(-c4c(F)ccc5ccoc45)c(Cl)cc23)[C@@H](C)C1. The molecule has 46 heavy (non-hydrogen) atoms. The summed E-state index contributed by atoms with van der Waals surface area (Å²) in [5, 5.41) is 1.38. The van der Waals surface area contributed by atoms with E-state index in [2.05, 4.69) is 21.5 Å². The van der Waals surface area contributed by atoms with E-state index in [1.54, 1.807) is 29.4 Å². The van der Waals surface area contributed by atoms with Crippen LogP contribution in [0.15, 0.2) is 58.7 Å². The van der Waals surface area contributed by atoms with Crippen molar-refractivity contribution in [2.45, 2.75) is 59.0 Å². The number of anilines is 1. The number of rotatable bonds is 7. The zero-order chi connectivity index (χ0) is 32.9. The lowest BCUT2D eigenvalue weighted by Gasteiger charge is -2.40. The molecule has 1 atom stereocenters. The van der Waals surface area contributed by atoms with E-state index in [-0.39, 0.29) is 52.3 Å². The first-order chi connectivity index (χ1) is 22.0. The highest BCUT2D eigenvalue weighted by atomic mass is 35.5. The van der Waals surface area contributed by atoms with Crippen LogP contribution in [0.5, 0.6) is 0 Å². The summed E-state index contributed by atoms with van der Waals surface area (Å²) >= 11 is 6.91. The standard InChI is InChI=1S/C34H35ClFN7O3/c1-7-26(44)41-11-12-42(20(6)15-41)33-22-14-24(35)30(27-25(36)9-8-21-10-13-46-31(21)27)39-32(22)43(34(45)40-33)16-23-28(18(2)3)37-17-38-29(23)19(4)5/h7-10,13-14,17-20H,1,11-12,15-16H2,2-6H3/t20-/m0/s1. The van der Waals surface area contributed by atoms with Crippen molar-refractivity contribution in [2.75, 3.05) is 24.5 Å². The van der Waals surface area contributed by atoms with Crippen LogP contribution in [0, 0.1) is 5.82 Å². The number of benzene rings is 1. The zero-order valence-corrected chi connectivity index (χ0v) is 27.2. The van der Waals surface area contributed by atoms with Crippen LogP contribution in [-0.2, 0) is 11.3 Å². The van der Waals surface area contributed by atoms with Crippen LogP contribution in [-0.4, -0.2) is 61.0 Å². The Labute approximate surface area is 270 Å². The summed E-state index contributed by atoms with van der Waals surface area (Å²) in [6.45, 7) is 15.1. The minimum Gasteiger partial charge on any atom is -0.464 e. The molecule has 0 radical (unpaired) electrons. The molecular weight excluding hydrogens is 609 g/mol. The largest absolute Gasteiger partial charge is 0.464 e. The number of aromatic nitrogens is 5. The highest BCUT2D eigenvalue weighted by molar-refractivity contribution is 6.34. The number of halogens is 2. The minimum absolute atomic E-state index is 0.0590. The maximum atomic E-state index is 15.5. The number of furan rings is 1. The second kappa shape index (κ2) is 12.3. The van der Waals surface area contributed by atoms with Gasteiger partial charge in [0.25, 0.3) is 0 Å². The van der Waals surface area contributed by atoms with Gasteiger partial charge in [0.2, 0.25) is 5.91 Å². The van der Waals surface area contributed by atoms with Crippen molar-refractivity contribution < 1.29 is 13.6 Å². The van der Waals surface area contributed by atoms with E-state index in [9.17, 15) is 9.59 Å². The Morgan fingerprint density at radius 3 is 2.50 bits per heavy atom. The molecule has 0 saturated carbocycles. The van der Waals surface area contributed by atoms with Crippen LogP contribution in [0.3, 0.4) is 0 Å². The maximum absolute atomic E-state index is 15.5. The predicted molar refractivity (Wildman–Crippen MR) is 177 cm³/mol. The smallest absolute Gasteiger partial charge is 0.351 e. The molecule has 0 N–H and O–H groups in total. The average Bonchev–Trinajstić information content (AvgIpc) is 3.50. The summed E-state index contributed by atoms with van der Waals surface area (Å²) in [4.78, 5) is 48.8. The van der Waals surface area contributed by atoms with Crippen molar-refractivity contribution in [1.82, 2.24) is 29.4 Å². The van der Waals surface area contributed by atoms with Crippen LogP contribution in [0.25, 0.3) is 33.3 Å². The molecule has 5 heterocycles. The van der Waals surface area contributed by atoms with Crippen molar-refractivity contribution in [3.63, 3.8) is 0 Å². The molecule has 5 aromatic rings. The highest BCUT2D eigenvalue weighted by Gasteiger charge is 2.30. The number of fused-ring (bicyclic) bond motifs is 2. The third-order valence-corrected chi connectivity index (χ3v) is 8.79. The molecule has 1 fully saturated rings. The van der Waals surface area contributed by atoms with Gasteiger partial charge in [0.15, 0.2) is 0 Å². The quantitative estimate of drug-likeness (QED) is 0.190. The third-order valence-electron chi connectivity index (χ3n) is 8.50. The molecule has 1 aliphatic heterocycles. The van der Waals surface area contributed by atoms with Crippen molar-refractivity contribution >= 4 is 45.3 Å². The monoisotopic (exact) mass is 643 g/mol. The molecule has 12 heteroatoms. The normalized spacial score (nSPS) is 15.5. The van der Waals surface area contributed by atoms with Crippen molar-refractivity contribution in [3.8, 4) is 11.3 Å². The molecule has 238 valence electrons. The van der Waals surface area contributed by atoms with Gasteiger partial charge in [0.1, 0.15) is 29.2 Å². The highest BCUT2D eigenvalue weighted by Crippen LogP contribution is 2.38.